The fraction of sp³-hybridized carbons (Fsp3) is 0.833. The van der Waals surface area contributed by atoms with Crippen LogP contribution in [0.3, 0.4) is 0 Å². The Hall–Kier alpha value is -0.860. The van der Waals surface area contributed by atoms with Gasteiger partial charge >= 0.3 is 0 Å². The van der Waals surface area contributed by atoms with Gasteiger partial charge in [0.15, 0.2) is 0 Å². The Morgan fingerprint density at radius 3 is 1.67 bits per heavy atom. The lowest BCUT2D eigenvalue weighted by Crippen LogP contribution is -2.24. The van der Waals surface area contributed by atoms with Crippen LogP contribution >= 0.6 is 0 Å². The van der Waals surface area contributed by atoms with Gasteiger partial charge in [-0.3, -0.25) is 4.79 Å². The molecule has 0 aromatic carbocycles. The highest BCUT2D eigenvalue weighted by molar-refractivity contribution is 5.73. The van der Waals surface area contributed by atoms with E-state index in [1.54, 1.807) is 6.92 Å². The number of hydrogen-bond donors (Lipinski definition) is 0. The molecule has 1 amide bonds. The van der Waals surface area contributed by atoms with E-state index in [1.807, 2.05) is 32.6 Å². The molecular weight excluding hydrogens is 190 g/mol. The first-order chi connectivity index (χ1) is 7.07. The van der Waals surface area contributed by atoms with E-state index in [9.17, 15) is 9.59 Å². The standard InChI is InChI=1S/C6H11NO.C4H8O.C2H6/c1-6(8)7-4-2-3-5-7;1-4(2)3-5;1-2/h2-5H2,1H3;3-4H,1-2H3;1-2H3. The smallest absolute Gasteiger partial charge is 0.219 e. The average molecular weight is 215 g/mol. The predicted octanol–water partition coefficient (Wildman–Crippen LogP) is 2.50. The van der Waals surface area contributed by atoms with Crippen molar-refractivity contribution in [3.05, 3.63) is 0 Å². The van der Waals surface area contributed by atoms with Crippen LogP contribution in [0.15, 0.2) is 0 Å². The van der Waals surface area contributed by atoms with E-state index < -0.39 is 0 Å². The maximum absolute atomic E-state index is 10.6. The molecule has 1 aliphatic heterocycles. The molecule has 3 heteroatoms. The highest BCUT2D eigenvalue weighted by Gasteiger charge is 2.12. The Kier molecular flexibility index (Phi) is 12.4. The number of rotatable bonds is 1. The molecule has 0 aromatic rings. The summed E-state index contributed by atoms with van der Waals surface area (Å²) in [6, 6.07) is 0. The van der Waals surface area contributed by atoms with E-state index in [-0.39, 0.29) is 11.8 Å². The predicted molar refractivity (Wildman–Crippen MR) is 63.7 cm³/mol. The molecule has 3 nitrogen and oxygen atoms in total. The summed E-state index contributed by atoms with van der Waals surface area (Å²) in [4.78, 5) is 22.0. The third-order valence-corrected chi connectivity index (χ3v) is 1.82. The first-order valence-corrected chi connectivity index (χ1v) is 5.78. The minimum Gasteiger partial charge on any atom is -0.343 e. The highest BCUT2D eigenvalue weighted by Crippen LogP contribution is 2.05. The van der Waals surface area contributed by atoms with Gasteiger partial charge in [-0.25, -0.2) is 0 Å². The van der Waals surface area contributed by atoms with Crippen molar-refractivity contribution in [2.75, 3.05) is 13.1 Å². The van der Waals surface area contributed by atoms with Crippen LogP contribution in [0.1, 0.15) is 47.5 Å². The summed E-state index contributed by atoms with van der Waals surface area (Å²) >= 11 is 0. The van der Waals surface area contributed by atoms with E-state index in [2.05, 4.69) is 0 Å². The van der Waals surface area contributed by atoms with Crippen LogP contribution in [0.2, 0.25) is 0 Å². The third kappa shape index (κ3) is 11.1. The summed E-state index contributed by atoms with van der Waals surface area (Å²) in [6.45, 7) is 11.3. The van der Waals surface area contributed by atoms with Gasteiger partial charge in [-0.2, -0.15) is 0 Å². The molecule has 0 aromatic heterocycles. The van der Waals surface area contributed by atoms with Crippen LogP contribution in [-0.4, -0.2) is 30.2 Å². The Morgan fingerprint density at radius 1 is 1.20 bits per heavy atom. The molecule has 1 heterocycles. The molecule has 0 atom stereocenters. The summed E-state index contributed by atoms with van der Waals surface area (Å²) < 4.78 is 0. The Morgan fingerprint density at radius 2 is 1.53 bits per heavy atom. The molecular formula is C12H25NO2. The Bertz CT molecular complexity index is 161. The van der Waals surface area contributed by atoms with Crippen LogP contribution in [-0.2, 0) is 9.59 Å². The van der Waals surface area contributed by atoms with Gasteiger partial charge in [-0.05, 0) is 12.8 Å². The van der Waals surface area contributed by atoms with E-state index in [0.29, 0.717) is 0 Å². The van der Waals surface area contributed by atoms with Crippen molar-refractivity contribution < 1.29 is 9.59 Å². The lowest BCUT2D eigenvalue weighted by Gasteiger charge is -2.10. The Balaban J connectivity index is 0. The number of carbonyl (C=O) groups is 2. The molecule has 0 unspecified atom stereocenters. The van der Waals surface area contributed by atoms with Gasteiger partial charge < -0.3 is 9.69 Å². The fourth-order valence-electron chi connectivity index (χ4n) is 1.03. The first-order valence-electron chi connectivity index (χ1n) is 5.78. The molecule has 1 aliphatic rings. The van der Waals surface area contributed by atoms with Crippen molar-refractivity contribution in [1.82, 2.24) is 4.90 Å². The van der Waals surface area contributed by atoms with Crippen LogP contribution in [0.4, 0.5) is 0 Å². The number of hydrogen-bond acceptors (Lipinski definition) is 2. The van der Waals surface area contributed by atoms with E-state index in [1.165, 1.54) is 12.8 Å². The molecule has 1 fully saturated rings. The highest BCUT2D eigenvalue weighted by atomic mass is 16.2. The number of likely N-dealkylation sites (tertiary alicyclic amines) is 1. The van der Waals surface area contributed by atoms with Crippen molar-refractivity contribution in [1.29, 1.82) is 0 Å². The van der Waals surface area contributed by atoms with Crippen molar-refractivity contribution in [3.63, 3.8) is 0 Å². The largest absolute Gasteiger partial charge is 0.343 e. The van der Waals surface area contributed by atoms with E-state index in [4.69, 9.17) is 0 Å². The molecule has 15 heavy (non-hydrogen) atoms. The van der Waals surface area contributed by atoms with Gasteiger partial charge in [0.05, 0.1) is 0 Å². The SMILES string of the molecule is CC.CC(=O)N1CCCC1.CC(C)C=O. The maximum atomic E-state index is 10.6. The zero-order valence-electron chi connectivity index (χ0n) is 10.7. The molecule has 0 saturated carbocycles. The molecule has 0 N–H and O–H groups in total. The lowest BCUT2D eigenvalue weighted by molar-refractivity contribution is -0.127. The normalized spacial score (nSPS) is 13.6. The van der Waals surface area contributed by atoms with Crippen molar-refractivity contribution in [2.45, 2.75) is 47.5 Å². The van der Waals surface area contributed by atoms with Gasteiger partial charge in [0.25, 0.3) is 0 Å². The van der Waals surface area contributed by atoms with Crippen molar-refractivity contribution >= 4 is 12.2 Å². The third-order valence-electron chi connectivity index (χ3n) is 1.82. The van der Waals surface area contributed by atoms with Crippen LogP contribution in [0, 0.1) is 5.92 Å². The molecule has 0 radical (unpaired) electrons. The van der Waals surface area contributed by atoms with Crippen LogP contribution < -0.4 is 0 Å². The molecule has 90 valence electrons. The Labute approximate surface area is 93.8 Å². The van der Waals surface area contributed by atoms with Gasteiger partial charge in [0.1, 0.15) is 6.29 Å². The monoisotopic (exact) mass is 215 g/mol. The summed E-state index contributed by atoms with van der Waals surface area (Å²) in [5.74, 6) is 0.428. The maximum Gasteiger partial charge on any atom is 0.219 e. The lowest BCUT2D eigenvalue weighted by atomic mass is 10.3. The van der Waals surface area contributed by atoms with Crippen LogP contribution in [0.25, 0.3) is 0 Å². The molecule has 1 saturated heterocycles. The number of aldehydes is 1. The minimum atomic E-state index is 0.204. The van der Waals surface area contributed by atoms with E-state index in [0.717, 1.165) is 19.4 Å². The molecule has 0 aliphatic carbocycles. The zero-order valence-corrected chi connectivity index (χ0v) is 10.7. The quantitative estimate of drug-likeness (QED) is 0.630. The first kappa shape index (κ1) is 16.6. The number of nitrogens with zero attached hydrogens (tertiary/aromatic N) is 1. The molecule has 0 spiro atoms. The van der Waals surface area contributed by atoms with Crippen molar-refractivity contribution in [3.8, 4) is 0 Å². The molecule has 1 rings (SSSR count). The van der Waals surface area contributed by atoms with Crippen LogP contribution in [0.5, 0.6) is 0 Å². The summed E-state index contributed by atoms with van der Waals surface area (Å²) in [5.41, 5.74) is 0. The number of carbonyl (C=O) groups excluding carboxylic acids is 2. The van der Waals surface area contributed by atoms with Crippen molar-refractivity contribution in [2.24, 2.45) is 5.92 Å². The topological polar surface area (TPSA) is 37.4 Å². The molecule has 0 bridgehead atoms. The number of amides is 1. The summed E-state index contributed by atoms with van der Waals surface area (Å²) in [5, 5.41) is 0. The fourth-order valence-corrected chi connectivity index (χ4v) is 1.03. The summed E-state index contributed by atoms with van der Waals surface area (Å²) in [7, 11) is 0. The second kappa shape index (κ2) is 11.2. The van der Waals surface area contributed by atoms with E-state index >= 15 is 0 Å². The van der Waals surface area contributed by atoms with Gasteiger partial charge in [0.2, 0.25) is 5.91 Å². The second-order valence-corrected chi connectivity index (χ2v) is 3.59. The zero-order chi connectivity index (χ0) is 12.3. The van der Waals surface area contributed by atoms with Gasteiger partial charge in [-0.15, -0.1) is 0 Å². The average Bonchev–Trinajstić information content (AvgIpc) is 2.75. The minimum absolute atomic E-state index is 0.204. The van der Waals surface area contributed by atoms with Gasteiger partial charge in [0, 0.05) is 25.9 Å². The van der Waals surface area contributed by atoms with Gasteiger partial charge in [-0.1, -0.05) is 27.7 Å². The second-order valence-electron chi connectivity index (χ2n) is 3.59. The summed E-state index contributed by atoms with van der Waals surface area (Å²) in [6.07, 6.45) is 3.30.